The highest BCUT2D eigenvalue weighted by molar-refractivity contribution is 5.20. The number of fused-ring (bicyclic) bond motifs is 1. The van der Waals surface area contributed by atoms with E-state index in [9.17, 15) is 5.11 Å². The normalized spacial score (nSPS) is 34.9. The third-order valence-corrected chi connectivity index (χ3v) is 5.13. The molecule has 20 heavy (non-hydrogen) atoms. The minimum Gasteiger partial charge on any atom is -0.377 e. The maximum absolute atomic E-state index is 11.0. The van der Waals surface area contributed by atoms with Crippen molar-refractivity contribution in [3.05, 3.63) is 0 Å². The molecule has 0 aliphatic heterocycles. The topological polar surface area (TPSA) is 20.2 Å². The SMILES string of the molecule is CCCCC#C[C@@]1(O)CCCCCCCCC[C@H]2C[C@@H]21. The molecule has 1 nitrogen and oxygen atoms in total. The molecule has 0 radical (unpaired) electrons. The predicted octanol–water partition coefficient (Wildman–Crippen LogP) is 5.07. The Hall–Kier alpha value is -0.480. The maximum Gasteiger partial charge on any atom is 0.128 e. The van der Waals surface area contributed by atoms with E-state index in [0.29, 0.717) is 5.92 Å². The van der Waals surface area contributed by atoms with Crippen molar-refractivity contribution in [3.63, 3.8) is 0 Å². The van der Waals surface area contributed by atoms with E-state index in [1.54, 1.807) is 0 Å². The smallest absolute Gasteiger partial charge is 0.128 e. The lowest BCUT2D eigenvalue weighted by atomic mass is 9.88. The standard InChI is InChI=1S/C19H32O/c1-2-3-4-11-14-19(20)15-12-9-7-5-6-8-10-13-17-16-18(17)19/h17-18,20H,2-10,12-13,15-16H2,1H3/t17-,18-,19+/m0/s1. The predicted molar refractivity (Wildman–Crippen MR) is 85.4 cm³/mol. The summed E-state index contributed by atoms with van der Waals surface area (Å²) in [5, 5.41) is 11.0. The molecule has 0 aromatic carbocycles. The van der Waals surface area contributed by atoms with Crippen LogP contribution in [0.15, 0.2) is 0 Å². The lowest BCUT2D eigenvalue weighted by molar-refractivity contribution is 0.0588. The summed E-state index contributed by atoms with van der Waals surface area (Å²) in [5.41, 5.74) is -0.655. The Kier molecular flexibility index (Phi) is 6.43. The van der Waals surface area contributed by atoms with Crippen LogP contribution in [0.3, 0.4) is 0 Å². The molecule has 0 unspecified atom stereocenters. The lowest BCUT2D eigenvalue weighted by Crippen LogP contribution is -2.30. The van der Waals surface area contributed by atoms with Gasteiger partial charge in [-0.1, -0.05) is 64.2 Å². The van der Waals surface area contributed by atoms with Gasteiger partial charge in [0.2, 0.25) is 0 Å². The van der Waals surface area contributed by atoms with E-state index in [2.05, 4.69) is 18.8 Å². The zero-order valence-electron chi connectivity index (χ0n) is 13.3. The fraction of sp³-hybridized carbons (Fsp3) is 0.895. The highest BCUT2D eigenvalue weighted by Gasteiger charge is 2.50. The largest absolute Gasteiger partial charge is 0.377 e. The Morgan fingerprint density at radius 3 is 2.50 bits per heavy atom. The molecule has 0 aromatic rings. The Balaban J connectivity index is 1.92. The van der Waals surface area contributed by atoms with E-state index < -0.39 is 5.60 Å². The summed E-state index contributed by atoms with van der Waals surface area (Å²) in [6.07, 6.45) is 16.1. The second-order valence-electron chi connectivity index (χ2n) is 6.95. The molecule has 2 fully saturated rings. The number of unbranched alkanes of at least 4 members (excludes halogenated alkanes) is 2. The molecule has 0 aromatic heterocycles. The molecule has 0 bridgehead atoms. The molecule has 0 heterocycles. The van der Waals surface area contributed by atoms with Crippen LogP contribution in [0.25, 0.3) is 0 Å². The van der Waals surface area contributed by atoms with E-state index in [0.717, 1.165) is 31.6 Å². The Morgan fingerprint density at radius 2 is 1.75 bits per heavy atom. The van der Waals surface area contributed by atoms with E-state index in [-0.39, 0.29) is 0 Å². The van der Waals surface area contributed by atoms with Crippen LogP contribution in [0, 0.1) is 23.7 Å². The molecular formula is C19H32O. The summed E-state index contributed by atoms with van der Waals surface area (Å²) < 4.78 is 0. The molecule has 2 aliphatic carbocycles. The second-order valence-corrected chi connectivity index (χ2v) is 6.95. The first-order valence-corrected chi connectivity index (χ1v) is 8.98. The third-order valence-electron chi connectivity index (χ3n) is 5.13. The molecule has 0 amide bonds. The highest BCUT2D eigenvalue weighted by atomic mass is 16.3. The van der Waals surface area contributed by atoms with Crippen LogP contribution in [-0.2, 0) is 0 Å². The van der Waals surface area contributed by atoms with Gasteiger partial charge in [0.25, 0.3) is 0 Å². The van der Waals surface area contributed by atoms with Crippen LogP contribution < -0.4 is 0 Å². The zero-order valence-corrected chi connectivity index (χ0v) is 13.3. The van der Waals surface area contributed by atoms with Gasteiger partial charge in [-0.25, -0.2) is 0 Å². The van der Waals surface area contributed by atoms with Gasteiger partial charge >= 0.3 is 0 Å². The van der Waals surface area contributed by atoms with E-state index in [4.69, 9.17) is 0 Å². The quantitative estimate of drug-likeness (QED) is 0.551. The average molecular weight is 276 g/mol. The van der Waals surface area contributed by atoms with Crippen molar-refractivity contribution in [2.24, 2.45) is 11.8 Å². The molecule has 3 atom stereocenters. The fourth-order valence-corrected chi connectivity index (χ4v) is 3.66. The van der Waals surface area contributed by atoms with Crippen LogP contribution in [0.4, 0.5) is 0 Å². The summed E-state index contributed by atoms with van der Waals surface area (Å²) in [4.78, 5) is 0. The Labute approximate surface area is 125 Å². The average Bonchev–Trinajstić information content (AvgIpc) is 3.21. The highest BCUT2D eigenvalue weighted by Crippen LogP contribution is 2.51. The van der Waals surface area contributed by atoms with Gasteiger partial charge in [0.1, 0.15) is 5.60 Å². The first-order valence-electron chi connectivity index (χ1n) is 8.98. The number of aliphatic hydroxyl groups is 1. The molecule has 2 rings (SSSR count). The van der Waals surface area contributed by atoms with Crippen molar-refractivity contribution < 1.29 is 5.11 Å². The van der Waals surface area contributed by atoms with Gasteiger partial charge in [-0.15, -0.1) is 5.92 Å². The maximum atomic E-state index is 11.0. The van der Waals surface area contributed by atoms with Crippen molar-refractivity contribution in [1.82, 2.24) is 0 Å². The van der Waals surface area contributed by atoms with Gasteiger partial charge < -0.3 is 5.11 Å². The summed E-state index contributed by atoms with van der Waals surface area (Å²) in [6.45, 7) is 2.20. The fourth-order valence-electron chi connectivity index (χ4n) is 3.66. The van der Waals surface area contributed by atoms with E-state index in [1.165, 1.54) is 57.8 Å². The van der Waals surface area contributed by atoms with Crippen molar-refractivity contribution >= 4 is 0 Å². The first kappa shape index (κ1) is 15.9. The first-order chi connectivity index (χ1) is 9.76. The van der Waals surface area contributed by atoms with Gasteiger partial charge in [-0.05, 0) is 31.6 Å². The van der Waals surface area contributed by atoms with Crippen molar-refractivity contribution in [2.75, 3.05) is 0 Å². The summed E-state index contributed by atoms with van der Waals surface area (Å²) in [7, 11) is 0. The van der Waals surface area contributed by atoms with Gasteiger partial charge in [0.05, 0.1) is 0 Å². The summed E-state index contributed by atoms with van der Waals surface area (Å²) >= 11 is 0. The molecule has 1 heteroatoms. The Bertz CT molecular complexity index is 337. The number of rotatable bonds is 2. The van der Waals surface area contributed by atoms with E-state index in [1.807, 2.05) is 0 Å². The lowest BCUT2D eigenvalue weighted by Gasteiger charge is -2.23. The van der Waals surface area contributed by atoms with E-state index >= 15 is 0 Å². The van der Waals surface area contributed by atoms with Crippen LogP contribution in [0.1, 0.15) is 90.4 Å². The summed E-state index contributed by atoms with van der Waals surface area (Å²) in [5.74, 6) is 7.79. The monoisotopic (exact) mass is 276 g/mol. The molecule has 2 saturated carbocycles. The molecule has 1 N–H and O–H groups in total. The zero-order chi connectivity index (χ0) is 14.3. The van der Waals surface area contributed by atoms with Gasteiger partial charge in [0.15, 0.2) is 0 Å². The van der Waals surface area contributed by atoms with Crippen molar-refractivity contribution in [1.29, 1.82) is 0 Å². The molecule has 0 saturated heterocycles. The van der Waals surface area contributed by atoms with Crippen LogP contribution in [0.2, 0.25) is 0 Å². The van der Waals surface area contributed by atoms with Crippen LogP contribution >= 0.6 is 0 Å². The van der Waals surface area contributed by atoms with Crippen LogP contribution in [0.5, 0.6) is 0 Å². The summed E-state index contributed by atoms with van der Waals surface area (Å²) in [6, 6.07) is 0. The van der Waals surface area contributed by atoms with Crippen LogP contribution in [-0.4, -0.2) is 10.7 Å². The van der Waals surface area contributed by atoms with Gasteiger partial charge in [0, 0.05) is 12.3 Å². The molecule has 114 valence electrons. The van der Waals surface area contributed by atoms with Crippen molar-refractivity contribution in [3.8, 4) is 11.8 Å². The molecule has 0 spiro atoms. The van der Waals surface area contributed by atoms with Gasteiger partial charge in [-0.2, -0.15) is 0 Å². The number of hydrogen-bond acceptors (Lipinski definition) is 1. The molecule has 2 aliphatic rings. The Morgan fingerprint density at radius 1 is 1.05 bits per heavy atom. The molecular weight excluding hydrogens is 244 g/mol. The second kappa shape index (κ2) is 8.08. The van der Waals surface area contributed by atoms with Gasteiger partial charge in [-0.3, -0.25) is 0 Å². The minimum atomic E-state index is -0.655. The number of hydrogen-bond donors (Lipinski definition) is 1. The third kappa shape index (κ3) is 4.81. The van der Waals surface area contributed by atoms with Crippen molar-refractivity contribution in [2.45, 2.75) is 96.0 Å². The minimum absolute atomic E-state index is 0.482.